The molecule has 2 rings (SSSR count). The van der Waals surface area contributed by atoms with E-state index in [1.54, 1.807) is 26.0 Å². The molecule has 0 aliphatic heterocycles. The third-order valence-electron chi connectivity index (χ3n) is 3.29. The second-order valence-corrected chi connectivity index (χ2v) is 5.66. The number of benzene rings is 1. The van der Waals surface area contributed by atoms with Crippen LogP contribution in [0.2, 0.25) is 0 Å². The summed E-state index contributed by atoms with van der Waals surface area (Å²) in [5.74, 6) is -0.163. The lowest BCUT2D eigenvalue weighted by Crippen LogP contribution is -2.49. The minimum Gasteiger partial charge on any atom is -0.439 e. The highest BCUT2D eigenvalue weighted by atomic mass is 19.1. The van der Waals surface area contributed by atoms with E-state index >= 15 is 0 Å². The second kappa shape index (κ2) is 8.09. The molecule has 0 saturated heterocycles. The third kappa shape index (κ3) is 5.45. The summed E-state index contributed by atoms with van der Waals surface area (Å²) in [6.07, 6.45) is 1.42. The Labute approximate surface area is 144 Å². The van der Waals surface area contributed by atoms with Crippen molar-refractivity contribution in [1.82, 2.24) is 10.3 Å². The molecule has 1 aromatic heterocycles. The number of nitrogens with one attached hydrogen (secondary N) is 2. The lowest BCUT2D eigenvalue weighted by molar-refractivity contribution is -0.118. The molecule has 0 unspecified atom stereocenters. The normalized spacial score (nSPS) is 11.7. The Bertz CT molecular complexity index is 733. The summed E-state index contributed by atoms with van der Waals surface area (Å²) in [6, 6.07) is 7.16. The van der Waals surface area contributed by atoms with Gasteiger partial charge in [0, 0.05) is 6.07 Å². The Morgan fingerprint density at radius 3 is 2.36 bits per heavy atom. The Hall–Kier alpha value is -3.16. The van der Waals surface area contributed by atoms with Crippen LogP contribution in [0.3, 0.4) is 0 Å². The molecular formula is C17H19FN4O3. The first-order valence-electron chi connectivity index (χ1n) is 7.61. The van der Waals surface area contributed by atoms with Gasteiger partial charge in [-0.3, -0.25) is 4.79 Å². The summed E-state index contributed by atoms with van der Waals surface area (Å²) in [5, 5.41) is 5.05. The molecule has 2 aromatic rings. The molecule has 7 nitrogen and oxygen atoms in total. The predicted octanol–water partition coefficient (Wildman–Crippen LogP) is 2.64. The van der Waals surface area contributed by atoms with Crippen molar-refractivity contribution < 1.29 is 18.7 Å². The standard InChI is InChI=1S/C17H19FN4O3/c1-10(2)15(22-17(19)24)16(23)21-12-5-8-14(20-9-12)25-13-6-3-11(18)4-7-13/h3-10,15H,1-2H3,(H,21,23)(H3,19,22,24)/t15-/m1/s1. The van der Waals surface area contributed by atoms with E-state index in [1.165, 1.54) is 30.5 Å². The zero-order chi connectivity index (χ0) is 18.4. The number of pyridine rings is 1. The molecular weight excluding hydrogens is 327 g/mol. The van der Waals surface area contributed by atoms with Gasteiger partial charge < -0.3 is 21.1 Å². The van der Waals surface area contributed by atoms with Crippen LogP contribution < -0.4 is 21.1 Å². The number of nitrogens with two attached hydrogens (primary N) is 1. The van der Waals surface area contributed by atoms with Crippen molar-refractivity contribution in [3.8, 4) is 11.6 Å². The van der Waals surface area contributed by atoms with E-state index in [1.807, 2.05) is 0 Å². The number of hydrogen-bond donors (Lipinski definition) is 3. The Morgan fingerprint density at radius 1 is 1.16 bits per heavy atom. The smallest absolute Gasteiger partial charge is 0.312 e. The predicted molar refractivity (Wildman–Crippen MR) is 90.7 cm³/mol. The van der Waals surface area contributed by atoms with Crippen molar-refractivity contribution in [2.75, 3.05) is 5.32 Å². The molecule has 132 valence electrons. The van der Waals surface area contributed by atoms with Crippen LogP contribution >= 0.6 is 0 Å². The summed E-state index contributed by atoms with van der Waals surface area (Å²) >= 11 is 0. The average molecular weight is 346 g/mol. The van der Waals surface area contributed by atoms with Crippen LogP contribution in [0, 0.1) is 11.7 Å². The molecule has 0 fully saturated rings. The fourth-order valence-electron chi connectivity index (χ4n) is 2.05. The number of carbonyl (C=O) groups is 2. The van der Waals surface area contributed by atoms with Crippen LogP contribution in [-0.4, -0.2) is 23.0 Å². The lowest BCUT2D eigenvalue weighted by atomic mass is 10.0. The summed E-state index contributed by atoms with van der Waals surface area (Å²) in [4.78, 5) is 27.3. The minimum absolute atomic E-state index is 0.137. The fourth-order valence-corrected chi connectivity index (χ4v) is 2.05. The van der Waals surface area contributed by atoms with E-state index in [-0.39, 0.29) is 11.7 Å². The van der Waals surface area contributed by atoms with Crippen molar-refractivity contribution in [2.24, 2.45) is 11.7 Å². The van der Waals surface area contributed by atoms with Crippen molar-refractivity contribution in [2.45, 2.75) is 19.9 Å². The van der Waals surface area contributed by atoms with Crippen LogP contribution in [0.4, 0.5) is 14.9 Å². The van der Waals surface area contributed by atoms with Crippen LogP contribution in [0.5, 0.6) is 11.6 Å². The van der Waals surface area contributed by atoms with Gasteiger partial charge in [-0.1, -0.05) is 13.8 Å². The SMILES string of the molecule is CC(C)[C@@H](NC(N)=O)C(=O)Nc1ccc(Oc2ccc(F)cc2)nc1. The highest BCUT2D eigenvalue weighted by Gasteiger charge is 2.23. The molecule has 4 N–H and O–H groups in total. The third-order valence-corrected chi connectivity index (χ3v) is 3.29. The largest absolute Gasteiger partial charge is 0.439 e. The van der Waals surface area contributed by atoms with Gasteiger partial charge in [0.1, 0.15) is 17.6 Å². The Balaban J connectivity index is 2.00. The first-order chi connectivity index (χ1) is 11.8. The molecule has 25 heavy (non-hydrogen) atoms. The van der Waals surface area contributed by atoms with Crippen molar-refractivity contribution in [3.63, 3.8) is 0 Å². The average Bonchev–Trinajstić information content (AvgIpc) is 2.56. The highest BCUT2D eigenvalue weighted by molar-refractivity contribution is 5.96. The lowest BCUT2D eigenvalue weighted by Gasteiger charge is -2.20. The molecule has 0 bridgehead atoms. The van der Waals surface area contributed by atoms with E-state index in [0.29, 0.717) is 17.3 Å². The first kappa shape index (κ1) is 18.2. The quantitative estimate of drug-likeness (QED) is 0.747. The van der Waals surface area contributed by atoms with Crippen LogP contribution in [0.15, 0.2) is 42.6 Å². The zero-order valence-corrected chi connectivity index (χ0v) is 13.8. The van der Waals surface area contributed by atoms with Crippen molar-refractivity contribution >= 4 is 17.6 Å². The highest BCUT2D eigenvalue weighted by Crippen LogP contribution is 2.20. The van der Waals surface area contributed by atoms with E-state index in [9.17, 15) is 14.0 Å². The number of urea groups is 1. The summed E-state index contributed by atoms with van der Waals surface area (Å²) < 4.78 is 18.3. The molecule has 1 atom stereocenters. The summed E-state index contributed by atoms with van der Waals surface area (Å²) in [5.41, 5.74) is 5.52. The van der Waals surface area contributed by atoms with Crippen LogP contribution in [0.25, 0.3) is 0 Å². The molecule has 1 aromatic carbocycles. The molecule has 1 heterocycles. The van der Waals surface area contributed by atoms with Crippen molar-refractivity contribution in [3.05, 3.63) is 48.4 Å². The molecule has 8 heteroatoms. The van der Waals surface area contributed by atoms with Gasteiger partial charge >= 0.3 is 6.03 Å². The van der Waals surface area contributed by atoms with Gasteiger partial charge in [0.15, 0.2) is 0 Å². The van der Waals surface area contributed by atoms with E-state index < -0.39 is 18.0 Å². The number of carbonyl (C=O) groups excluding carboxylic acids is 2. The molecule has 0 aliphatic rings. The van der Waals surface area contributed by atoms with Crippen molar-refractivity contribution in [1.29, 1.82) is 0 Å². The van der Waals surface area contributed by atoms with Gasteiger partial charge in [0.2, 0.25) is 11.8 Å². The van der Waals surface area contributed by atoms with Gasteiger partial charge in [-0.25, -0.2) is 14.2 Å². The Kier molecular flexibility index (Phi) is 5.89. The topological polar surface area (TPSA) is 106 Å². The number of nitrogens with zero attached hydrogens (tertiary/aromatic N) is 1. The molecule has 3 amide bonds. The molecule has 0 saturated carbocycles. The van der Waals surface area contributed by atoms with E-state index in [0.717, 1.165) is 0 Å². The Morgan fingerprint density at radius 2 is 1.84 bits per heavy atom. The number of halogens is 1. The summed E-state index contributed by atoms with van der Waals surface area (Å²) in [7, 11) is 0. The monoisotopic (exact) mass is 346 g/mol. The van der Waals surface area contributed by atoms with Gasteiger partial charge in [-0.15, -0.1) is 0 Å². The minimum atomic E-state index is -0.768. The maximum atomic E-state index is 12.9. The zero-order valence-electron chi connectivity index (χ0n) is 13.8. The number of ether oxygens (including phenoxy) is 1. The number of anilines is 1. The number of hydrogen-bond acceptors (Lipinski definition) is 4. The van der Waals surface area contributed by atoms with Gasteiger partial charge in [0.05, 0.1) is 11.9 Å². The van der Waals surface area contributed by atoms with Gasteiger partial charge in [-0.05, 0) is 36.2 Å². The van der Waals surface area contributed by atoms with Crippen LogP contribution in [0.1, 0.15) is 13.8 Å². The second-order valence-electron chi connectivity index (χ2n) is 5.66. The van der Waals surface area contributed by atoms with Gasteiger partial charge in [0.25, 0.3) is 0 Å². The maximum Gasteiger partial charge on any atom is 0.312 e. The maximum absolute atomic E-state index is 12.9. The number of amides is 3. The van der Waals surface area contributed by atoms with E-state index in [2.05, 4.69) is 15.6 Å². The van der Waals surface area contributed by atoms with Crippen LogP contribution in [-0.2, 0) is 4.79 Å². The number of aromatic nitrogens is 1. The number of rotatable bonds is 6. The molecule has 0 aliphatic carbocycles. The van der Waals surface area contributed by atoms with Gasteiger partial charge in [-0.2, -0.15) is 0 Å². The molecule has 0 radical (unpaired) electrons. The molecule has 0 spiro atoms. The number of primary amides is 1. The summed E-state index contributed by atoms with van der Waals surface area (Å²) in [6.45, 7) is 3.58. The fraction of sp³-hybridized carbons (Fsp3) is 0.235. The first-order valence-corrected chi connectivity index (χ1v) is 7.61. The van der Waals surface area contributed by atoms with E-state index in [4.69, 9.17) is 10.5 Å².